The largest absolute Gasteiger partial charge is 0.494 e. The van der Waals surface area contributed by atoms with E-state index in [0.29, 0.717) is 35.0 Å². The van der Waals surface area contributed by atoms with Gasteiger partial charge in [0.05, 0.1) is 28.4 Å². The van der Waals surface area contributed by atoms with Gasteiger partial charge in [0.2, 0.25) is 0 Å². The van der Waals surface area contributed by atoms with Gasteiger partial charge in [0.25, 0.3) is 11.6 Å². The molecule has 3 aromatic carbocycles. The summed E-state index contributed by atoms with van der Waals surface area (Å²) in [6.07, 6.45) is 1.51. The van der Waals surface area contributed by atoms with Crippen molar-refractivity contribution in [2.24, 2.45) is 5.10 Å². The Morgan fingerprint density at radius 3 is 2.44 bits per heavy atom. The standard InChI is InChI=1S/C24H22IN3O6/c1-3-33-20-10-6-18(7-11-20)24(29)27-26-14-17-12-21(25)23(22(13-17)32-2)34-15-16-4-8-19(9-5-16)28(30)31/h4-14H,3,15H2,1-2H3,(H,27,29)/b26-14+. The van der Waals surface area contributed by atoms with Crippen LogP contribution in [0, 0.1) is 13.7 Å². The second-order valence-electron chi connectivity index (χ2n) is 6.90. The SMILES string of the molecule is CCOc1ccc(C(=O)N/N=C/c2cc(I)c(OCc3ccc([N+](=O)[O-])cc3)c(OC)c2)cc1. The fourth-order valence-corrected chi connectivity index (χ4v) is 3.70. The molecule has 0 aliphatic carbocycles. The summed E-state index contributed by atoms with van der Waals surface area (Å²) in [4.78, 5) is 22.6. The fourth-order valence-electron chi connectivity index (χ4n) is 2.92. The van der Waals surface area contributed by atoms with E-state index in [0.717, 1.165) is 9.13 Å². The smallest absolute Gasteiger partial charge is 0.271 e. The Kier molecular flexibility index (Phi) is 8.79. The van der Waals surface area contributed by atoms with Crippen molar-refractivity contribution in [3.8, 4) is 17.2 Å². The number of nitro groups is 1. The van der Waals surface area contributed by atoms with Gasteiger partial charge in [-0.25, -0.2) is 5.43 Å². The van der Waals surface area contributed by atoms with Crippen LogP contribution >= 0.6 is 22.6 Å². The highest BCUT2D eigenvalue weighted by Gasteiger charge is 2.12. The molecule has 0 aliphatic heterocycles. The molecule has 1 amide bonds. The van der Waals surface area contributed by atoms with Gasteiger partial charge in [0.15, 0.2) is 11.5 Å². The molecule has 0 saturated carbocycles. The predicted octanol–water partition coefficient (Wildman–Crippen LogP) is 4.95. The number of hydrogen-bond donors (Lipinski definition) is 1. The molecule has 0 fully saturated rings. The van der Waals surface area contributed by atoms with Gasteiger partial charge in [-0.2, -0.15) is 5.10 Å². The molecule has 0 saturated heterocycles. The van der Waals surface area contributed by atoms with Crippen molar-refractivity contribution in [3.63, 3.8) is 0 Å². The lowest BCUT2D eigenvalue weighted by Crippen LogP contribution is -2.17. The number of ether oxygens (including phenoxy) is 3. The number of halogens is 1. The molecule has 3 aromatic rings. The van der Waals surface area contributed by atoms with E-state index in [2.05, 4.69) is 33.1 Å². The third-order valence-corrected chi connectivity index (χ3v) is 5.39. The van der Waals surface area contributed by atoms with E-state index in [1.165, 1.54) is 25.5 Å². The van der Waals surface area contributed by atoms with E-state index < -0.39 is 4.92 Å². The molecule has 176 valence electrons. The third-order valence-electron chi connectivity index (χ3n) is 4.59. The maximum Gasteiger partial charge on any atom is 0.271 e. The number of rotatable bonds is 10. The van der Waals surface area contributed by atoms with E-state index in [-0.39, 0.29) is 18.2 Å². The minimum absolute atomic E-state index is 0.0224. The Morgan fingerprint density at radius 2 is 1.82 bits per heavy atom. The Labute approximate surface area is 210 Å². The summed E-state index contributed by atoms with van der Waals surface area (Å²) in [5.41, 5.74) is 4.47. The molecular formula is C24H22IN3O6. The van der Waals surface area contributed by atoms with Crippen LogP contribution in [0.4, 0.5) is 5.69 Å². The predicted molar refractivity (Wildman–Crippen MR) is 136 cm³/mol. The van der Waals surface area contributed by atoms with Gasteiger partial charge in [-0.3, -0.25) is 14.9 Å². The van der Waals surface area contributed by atoms with Crippen LogP contribution in [0.15, 0.2) is 65.8 Å². The molecule has 0 aromatic heterocycles. The van der Waals surface area contributed by atoms with Gasteiger partial charge in [-0.1, -0.05) is 0 Å². The number of methoxy groups -OCH3 is 1. The van der Waals surface area contributed by atoms with Crippen LogP contribution in [0.1, 0.15) is 28.4 Å². The molecule has 0 aliphatic rings. The van der Waals surface area contributed by atoms with E-state index in [1.54, 1.807) is 42.5 Å². The minimum Gasteiger partial charge on any atom is -0.494 e. The van der Waals surface area contributed by atoms with Gasteiger partial charge in [0.1, 0.15) is 12.4 Å². The lowest BCUT2D eigenvalue weighted by molar-refractivity contribution is -0.384. The second kappa shape index (κ2) is 12.0. The number of non-ortho nitro benzene ring substituents is 1. The zero-order valence-electron chi connectivity index (χ0n) is 18.5. The molecule has 0 bridgehead atoms. The van der Waals surface area contributed by atoms with E-state index >= 15 is 0 Å². The highest BCUT2D eigenvalue weighted by molar-refractivity contribution is 14.1. The van der Waals surface area contributed by atoms with Crippen molar-refractivity contribution >= 4 is 40.4 Å². The molecule has 0 heterocycles. The van der Waals surface area contributed by atoms with Crippen molar-refractivity contribution in [2.45, 2.75) is 13.5 Å². The molecule has 34 heavy (non-hydrogen) atoms. The first kappa shape index (κ1) is 25.0. The number of hydrazone groups is 1. The van der Waals surface area contributed by atoms with Crippen molar-refractivity contribution in [1.29, 1.82) is 0 Å². The van der Waals surface area contributed by atoms with E-state index in [9.17, 15) is 14.9 Å². The summed E-state index contributed by atoms with van der Waals surface area (Å²) < 4.78 is 17.5. The van der Waals surface area contributed by atoms with Crippen LogP contribution in [-0.4, -0.2) is 30.8 Å². The summed E-state index contributed by atoms with van der Waals surface area (Å²) in [6, 6.07) is 16.5. The summed E-state index contributed by atoms with van der Waals surface area (Å²) in [5, 5.41) is 14.8. The van der Waals surface area contributed by atoms with Crippen LogP contribution in [-0.2, 0) is 6.61 Å². The van der Waals surface area contributed by atoms with Crippen molar-refractivity contribution in [3.05, 3.63) is 91.0 Å². The number of nitro benzene ring substituents is 1. The van der Waals surface area contributed by atoms with Crippen molar-refractivity contribution < 1.29 is 23.9 Å². The lowest BCUT2D eigenvalue weighted by atomic mass is 10.2. The highest BCUT2D eigenvalue weighted by atomic mass is 127. The first-order valence-electron chi connectivity index (χ1n) is 10.2. The lowest BCUT2D eigenvalue weighted by Gasteiger charge is -2.13. The number of nitrogens with zero attached hydrogens (tertiary/aromatic N) is 2. The average Bonchev–Trinajstić information content (AvgIpc) is 2.84. The zero-order chi connectivity index (χ0) is 24.5. The molecule has 1 N–H and O–H groups in total. The van der Waals surface area contributed by atoms with Gasteiger partial charge in [-0.15, -0.1) is 0 Å². The number of amides is 1. The van der Waals surface area contributed by atoms with E-state index in [4.69, 9.17) is 14.2 Å². The monoisotopic (exact) mass is 575 g/mol. The number of nitrogens with one attached hydrogen (secondary N) is 1. The fraction of sp³-hybridized carbons (Fsp3) is 0.167. The molecule has 0 radical (unpaired) electrons. The quantitative estimate of drug-likeness (QED) is 0.159. The topological polar surface area (TPSA) is 112 Å². The first-order valence-corrected chi connectivity index (χ1v) is 11.3. The van der Waals surface area contributed by atoms with Gasteiger partial charge in [0, 0.05) is 17.7 Å². The maximum absolute atomic E-state index is 12.3. The number of hydrogen-bond acceptors (Lipinski definition) is 7. The molecule has 0 unspecified atom stereocenters. The normalized spacial score (nSPS) is 10.7. The Hall–Kier alpha value is -3.67. The van der Waals surface area contributed by atoms with Crippen molar-refractivity contribution in [2.75, 3.05) is 13.7 Å². The summed E-state index contributed by atoms with van der Waals surface area (Å²) in [5.74, 6) is 1.38. The number of benzene rings is 3. The Balaban J connectivity index is 1.64. The van der Waals surface area contributed by atoms with Crippen LogP contribution < -0.4 is 19.6 Å². The summed E-state index contributed by atoms with van der Waals surface area (Å²) in [7, 11) is 1.53. The Bertz CT molecular complexity index is 1180. The van der Waals surface area contributed by atoms with E-state index in [1.807, 2.05) is 13.0 Å². The average molecular weight is 575 g/mol. The van der Waals surface area contributed by atoms with Gasteiger partial charge >= 0.3 is 0 Å². The van der Waals surface area contributed by atoms with Gasteiger partial charge < -0.3 is 14.2 Å². The summed E-state index contributed by atoms with van der Waals surface area (Å²) >= 11 is 2.12. The molecule has 3 rings (SSSR count). The molecule has 9 nitrogen and oxygen atoms in total. The van der Waals surface area contributed by atoms with Crippen LogP contribution in [0.25, 0.3) is 0 Å². The molecule has 10 heteroatoms. The van der Waals surface area contributed by atoms with Gasteiger partial charge in [-0.05, 0) is 89.2 Å². The van der Waals surface area contributed by atoms with Crippen LogP contribution in [0.5, 0.6) is 17.2 Å². The molecular weight excluding hydrogens is 553 g/mol. The maximum atomic E-state index is 12.3. The molecule has 0 spiro atoms. The Morgan fingerprint density at radius 1 is 1.12 bits per heavy atom. The highest BCUT2D eigenvalue weighted by Crippen LogP contribution is 2.34. The third kappa shape index (κ3) is 6.67. The van der Waals surface area contributed by atoms with Crippen molar-refractivity contribution in [1.82, 2.24) is 5.43 Å². The zero-order valence-corrected chi connectivity index (χ0v) is 20.6. The number of carbonyl (C=O) groups is 1. The minimum atomic E-state index is -0.447. The molecule has 0 atom stereocenters. The summed E-state index contributed by atoms with van der Waals surface area (Å²) in [6.45, 7) is 2.66. The second-order valence-corrected chi connectivity index (χ2v) is 8.07. The number of carbonyl (C=O) groups excluding carboxylic acids is 1. The van der Waals surface area contributed by atoms with Crippen LogP contribution in [0.3, 0.4) is 0 Å². The van der Waals surface area contributed by atoms with Crippen LogP contribution in [0.2, 0.25) is 0 Å². The first-order chi connectivity index (χ1) is 16.4.